The van der Waals surface area contributed by atoms with Crippen molar-refractivity contribution in [2.24, 2.45) is 0 Å². The molecule has 2 aromatic carbocycles. The smallest absolute Gasteiger partial charge is 0.318 e. The maximum atomic E-state index is 16.5. The van der Waals surface area contributed by atoms with Gasteiger partial charge in [-0.2, -0.15) is 9.97 Å². The molecule has 56 heavy (non-hydrogen) atoms. The number of hydrogen-bond donors (Lipinski definition) is 0. The van der Waals surface area contributed by atoms with Crippen molar-refractivity contribution in [3.05, 3.63) is 83.3 Å². The summed E-state index contributed by atoms with van der Waals surface area (Å²) in [5, 5.41) is 1.26. The molecule has 5 aromatic rings. The zero-order valence-electron chi connectivity index (χ0n) is 30.8. The minimum atomic E-state index is -0.961. The molecule has 4 aliphatic rings. The van der Waals surface area contributed by atoms with Crippen LogP contribution in [0.15, 0.2) is 54.6 Å². The number of nitrogens with zero attached hydrogens (tertiary/aromatic N) is 8. The second-order valence-electron chi connectivity index (χ2n) is 14.4. The van der Waals surface area contributed by atoms with E-state index in [2.05, 4.69) is 35.7 Å². The Morgan fingerprint density at radius 3 is 2.66 bits per heavy atom. The minimum Gasteiger partial charge on any atom is -0.467 e. The summed E-state index contributed by atoms with van der Waals surface area (Å²) in [7, 11) is 1.36. The van der Waals surface area contributed by atoms with E-state index in [1.807, 2.05) is 4.90 Å². The van der Waals surface area contributed by atoms with E-state index >= 15 is 8.78 Å². The van der Waals surface area contributed by atoms with Crippen LogP contribution < -0.4 is 9.64 Å². The molecule has 0 saturated carbocycles. The molecule has 4 aliphatic heterocycles. The van der Waals surface area contributed by atoms with Crippen LogP contribution in [0.1, 0.15) is 36.3 Å². The van der Waals surface area contributed by atoms with Gasteiger partial charge in [-0.25, -0.2) is 27.5 Å². The molecule has 2 atom stereocenters. The van der Waals surface area contributed by atoms with Crippen LogP contribution in [0.2, 0.25) is 0 Å². The van der Waals surface area contributed by atoms with Gasteiger partial charge in [0, 0.05) is 61.6 Å². The highest BCUT2D eigenvalue weighted by Gasteiger charge is 2.51. The highest BCUT2D eigenvalue weighted by Crippen LogP contribution is 2.39. The molecule has 0 radical (unpaired) electrons. The fourth-order valence-corrected chi connectivity index (χ4v) is 8.20. The van der Waals surface area contributed by atoms with Crippen LogP contribution in [0.3, 0.4) is 0 Å². The second-order valence-corrected chi connectivity index (χ2v) is 14.4. The van der Waals surface area contributed by atoms with E-state index in [9.17, 15) is 13.6 Å². The number of rotatable bonds is 5. The summed E-state index contributed by atoms with van der Waals surface area (Å²) in [6, 6.07) is 9.95. The van der Waals surface area contributed by atoms with E-state index in [-0.39, 0.29) is 66.7 Å². The van der Waals surface area contributed by atoms with Crippen LogP contribution in [-0.2, 0) is 9.53 Å². The number of amides is 1. The van der Waals surface area contributed by atoms with Crippen molar-refractivity contribution in [3.63, 3.8) is 0 Å². The predicted octanol–water partition coefficient (Wildman–Crippen LogP) is 5.83. The molecule has 15 heteroatoms. The number of piperazine rings is 1. The van der Waals surface area contributed by atoms with Crippen molar-refractivity contribution in [2.45, 2.75) is 43.9 Å². The first-order chi connectivity index (χ1) is 27.1. The van der Waals surface area contributed by atoms with E-state index in [1.54, 1.807) is 31.2 Å². The van der Waals surface area contributed by atoms with Gasteiger partial charge in [-0.05, 0) is 50.2 Å². The fraction of sp³-hybridized carbons (Fsp3) is 0.366. The van der Waals surface area contributed by atoms with Gasteiger partial charge in [0.15, 0.2) is 11.6 Å². The summed E-state index contributed by atoms with van der Waals surface area (Å²) in [5.74, 6) is 0.0254. The Morgan fingerprint density at radius 2 is 1.93 bits per heavy atom. The summed E-state index contributed by atoms with van der Waals surface area (Å²) in [5.41, 5.74) is -0.426. The lowest BCUT2D eigenvalue weighted by Gasteiger charge is -2.55. The Labute approximate surface area is 320 Å². The number of fused-ring (bicyclic) bond motifs is 3. The van der Waals surface area contributed by atoms with Crippen molar-refractivity contribution in [2.75, 3.05) is 57.9 Å². The normalized spacial score (nSPS) is 20.4. The van der Waals surface area contributed by atoms with Gasteiger partial charge in [-0.3, -0.25) is 14.7 Å². The van der Waals surface area contributed by atoms with Crippen LogP contribution >= 0.6 is 0 Å². The van der Waals surface area contributed by atoms with E-state index in [0.29, 0.717) is 40.6 Å². The van der Waals surface area contributed by atoms with E-state index in [0.717, 1.165) is 19.0 Å². The first kappa shape index (κ1) is 37.2. The molecule has 2 unspecified atom stereocenters. The van der Waals surface area contributed by atoms with Crippen LogP contribution in [0.4, 0.5) is 23.4 Å². The van der Waals surface area contributed by atoms with E-state index in [1.165, 1.54) is 49.4 Å². The van der Waals surface area contributed by atoms with Crippen molar-refractivity contribution >= 4 is 39.5 Å². The van der Waals surface area contributed by atoms with Crippen molar-refractivity contribution in [1.29, 1.82) is 0 Å². The SMILES string of the molecule is C#Cc1c(F)ccc2cccc(-c3ncc4c(N5CCN(C(=O)/C(F)=C/c6ccnc(C)n6)C6(COC6)C5)nc(OC)nc4c3F)c12.FC1CC2CCCN2C1. The third-order valence-electron chi connectivity index (χ3n) is 10.9. The van der Waals surface area contributed by atoms with Gasteiger partial charge in [0.05, 0.1) is 37.0 Å². The lowest BCUT2D eigenvalue weighted by Crippen LogP contribution is -2.73. The molecule has 288 valence electrons. The van der Waals surface area contributed by atoms with Crippen molar-refractivity contribution in [3.8, 4) is 29.6 Å². The molecule has 0 N–H and O–H groups in total. The standard InChI is InChI=1S/C34H26F3N7O3.C7H12FN/c1-4-22-25(35)9-8-20-6-5-7-23(27(20)22)29-28(37)30-24(15-39-29)31(42-33(41-30)46-3)43-12-13-44(34(16-43)17-47-18-34)32(45)26(36)14-21-10-11-38-19(2)40-21;8-6-4-7-2-1-3-9(7)5-6/h1,5-11,14-15H,12-13,16-18H2,2-3H3;6-7H,1-5H2/b26-14-;. The van der Waals surface area contributed by atoms with Crippen molar-refractivity contribution < 1.29 is 31.8 Å². The number of alkyl halides is 1. The zero-order valence-corrected chi connectivity index (χ0v) is 30.8. The highest BCUT2D eigenvalue weighted by atomic mass is 19.1. The van der Waals surface area contributed by atoms with Gasteiger partial charge < -0.3 is 19.3 Å². The number of hydrogen-bond acceptors (Lipinski definition) is 10. The lowest BCUT2D eigenvalue weighted by molar-refractivity contribution is -0.167. The number of anilines is 1. The van der Waals surface area contributed by atoms with Crippen LogP contribution in [0.5, 0.6) is 6.01 Å². The number of terminal acetylenes is 1. The summed E-state index contributed by atoms with van der Waals surface area (Å²) in [6.45, 7) is 4.44. The third kappa shape index (κ3) is 6.77. The number of carbonyl (C=O) groups is 1. The summed E-state index contributed by atoms with van der Waals surface area (Å²) in [4.78, 5) is 40.4. The molecule has 1 spiro atoms. The average molecular weight is 767 g/mol. The molecule has 11 nitrogen and oxygen atoms in total. The first-order valence-electron chi connectivity index (χ1n) is 18.4. The number of carbonyl (C=O) groups excluding carboxylic acids is 1. The van der Waals surface area contributed by atoms with Gasteiger partial charge >= 0.3 is 6.01 Å². The molecule has 1 amide bonds. The summed E-state index contributed by atoms with van der Waals surface area (Å²) >= 11 is 0. The van der Waals surface area contributed by atoms with Gasteiger partial charge in [0.2, 0.25) is 0 Å². The summed E-state index contributed by atoms with van der Waals surface area (Å²) < 4.78 is 69.9. The minimum absolute atomic E-state index is 0.000720. The van der Waals surface area contributed by atoms with E-state index in [4.69, 9.17) is 15.9 Å². The third-order valence-corrected chi connectivity index (χ3v) is 10.9. The Hall–Kier alpha value is -5.72. The van der Waals surface area contributed by atoms with Gasteiger partial charge in [-0.1, -0.05) is 30.2 Å². The summed E-state index contributed by atoms with van der Waals surface area (Å²) in [6.07, 6.45) is 12.5. The molecular weight excluding hydrogens is 728 g/mol. The van der Waals surface area contributed by atoms with Gasteiger partial charge in [-0.15, -0.1) is 6.42 Å². The largest absolute Gasteiger partial charge is 0.467 e. The number of aromatic nitrogens is 5. The van der Waals surface area contributed by atoms with Crippen LogP contribution in [-0.4, -0.2) is 111 Å². The van der Waals surface area contributed by atoms with Gasteiger partial charge in [0.1, 0.15) is 40.4 Å². The van der Waals surface area contributed by atoms with Gasteiger partial charge in [0.25, 0.3) is 5.91 Å². The maximum absolute atomic E-state index is 16.5. The number of methoxy groups -OCH3 is 1. The first-order valence-corrected chi connectivity index (χ1v) is 18.4. The lowest BCUT2D eigenvalue weighted by atomic mass is 9.91. The quantitative estimate of drug-likeness (QED) is 0.123. The van der Waals surface area contributed by atoms with Crippen molar-refractivity contribution in [1.82, 2.24) is 34.7 Å². The molecule has 3 aromatic heterocycles. The molecular formula is C41H38F4N8O3. The number of halogens is 4. The maximum Gasteiger partial charge on any atom is 0.318 e. The molecule has 0 bridgehead atoms. The van der Waals surface area contributed by atoms with Crippen LogP contribution in [0.25, 0.3) is 39.0 Å². The Balaban J connectivity index is 0.000000427. The molecule has 9 rings (SSSR count). The monoisotopic (exact) mass is 766 g/mol. The Morgan fingerprint density at radius 1 is 1.09 bits per heavy atom. The fourth-order valence-electron chi connectivity index (χ4n) is 8.20. The molecule has 4 saturated heterocycles. The highest BCUT2D eigenvalue weighted by molar-refractivity contribution is 6.02. The molecule has 4 fully saturated rings. The number of benzene rings is 2. The zero-order chi connectivity index (χ0) is 39.1. The number of ether oxygens (including phenoxy) is 2. The van der Waals surface area contributed by atoms with Crippen LogP contribution in [0, 0.1) is 30.9 Å². The molecule has 0 aliphatic carbocycles. The number of pyridine rings is 1. The predicted molar refractivity (Wildman–Crippen MR) is 202 cm³/mol. The molecule has 7 heterocycles. The average Bonchev–Trinajstić information content (AvgIpc) is 3.78. The van der Waals surface area contributed by atoms with E-state index < -0.39 is 35.1 Å². The topological polar surface area (TPSA) is 110 Å². The Kier molecular flexibility index (Phi) is 10.0. The Bertz CT molecular complexity index is 2410. The number of aryl methyl sites for hydroxylation is 1. The second kappa shape index (κ2) is 15.1.